The van der Waals surface area contributed by atoms with E-state index < -0.39 is 5.91 Å². The zero-order valence-electron chi connectivity index (χ0n) is 11.2. The van der Waals surface area contributed by atoms with E-state index in [-0.39, 0.29) is 11.5 Å². The van der Waals surface area contributed by atoms with Gasteiger partial charge >= 0.3 is 0 Å². The summed E-state index contributed by atoms with van der Waals surface area (Å²) in [5.41, 5.74) is 6.33. The van der Waals surface area contributed by atoms with Gasteiger partial charge in [0.15, 0.2) is 0 Å². The number of hydrogen-bond acceptors (Lipinski definition) is 3. The lowest BCUT2D eigenvalue weighted by atomic mass is 10.1. The average Bonchev–Trinajstić information content (AvgIpc) is 2.48. The van der Waals surface area contributed by atoms with Gasteiger partial charge in [-0.25, -0.2) is 0 Å². The van der Waals surface area contributed by atoms with Crippen molar-refractivity contribution < 1.29 is 14.3 Å². The molecule has 6 heteroatoms. The number of ether oxygens (including phenoxy) is 1. The summed E-state index contributed by atoms with van der Waals surface area (Å²) in [6.45, 7) is 0. The van der Waals surface area contributed by atoms with Crippen LogP contribution in [0.1, 0.15) is 20.7 Å². The summed E-state index contributed by atoms with van der Waals surface area (Å²) in [5.74, 6) is -0.385. The number of anilines is 1. The summed E-state index contributed by atoms with van der Waals surface area (Å²) in [4.78, 5) is 23.6. The molecule has 5 nitrogen and oxygen atoms in total. The molecular weight excluding hydrogens is 336 g/mol. The highest BCUT2D eigenvalue weighted by Gasteiger charge is 2.13. The predicted molar refractivity (Wildman–Crippen MR) is 83.6 cm³/mol. The molecule has 0 radical (unpaired) electrons. The molecule has 108 valence electrons. The van der Waals surface area contributed by atoms with E-state index in [2.05, 4.69) is 21.2 Å². The minimum Gasteiger partial charge on any atom is -0.497 e. The molecule has 0 aliphatic heterocycles. The summed E-state index contributed by atoms with van der Waals surface area (Å²) in [6.07, 6.45) is 0. The maximum absolute atomic E-state index is 12.2. The van der Waals surface area contributed by atoms with Gasteiger partial charge in [0.05, 0.1) is 18.4 Å². The van der Waals surface area contributed by atoms with Crippen molar-refractivity contribution in [1.29, 1.82) is 0 Å². The summed E-state index contributed by atoms with van der Waals surface area (Å²) >= 11 is 3.26. The smallest absolute Gasteiger partial charge is 0.255 e. The Hall–Kier alpha value is -2.34. The van der Waals surface area contributed by atoms with Gasteiger partial charge in [-0.1, -0.05) is 22.0 Å². The monoisotopic (exact) mass is 348 g/mol. The summed E-state index contributed by atoms with van der Waals surface area (Å²) in [5, 5.41) is 2.67. The van der Waals surface area contributed by atoms with Crippen LogP contribution in [0.3, 0.4) is 0 Å². The molecule has 2 amide bonds. The van der Waals surface area contributed by atoms with E-state index in [0.717, 1.165) is 0 Å². The van der Waals surface area contributed by atoms with Crippen molar-refractivity contribution in [2.45, 2.75) is 0 Å². The molecule has 0 unspecified atom stereocenters. The van der Waals surface area contributed by atoms with Gasteiger partial charge in [0.2, 0.25) is 0 Å². The summed E-state index contributed by atoms with van der Waals surface area (Å²) < 4.78 is 5.78. The quantitative estimate of drug-likeness (QED) is 0.891. The van der Waals surface area contributed by atoms with Crippen LogP contribution in [0.2, 0.25) is 0 Å². The molecule has 0 bridgehead atoms. The minimum absolute atomic E-state index is 0.237. The number of benzene rings is 2. The molecule has 0 fully saturated rings. The summed E-state index contributed by atoms with van der Waals surface area (Å²) in [6, 6.07) is 11.6. The summed E-state index contributed by atoms with van der Waals surface area (Å²) in [7, 11) is 1.52. The van der Waals surface area contributed by atoms with Crippen LogP contribution in [0.15, 0.2) is 46.9 Å². The highest BCUT2D eigenvalue weighted by Crippen LogP contribution is 2.22. The molecule has 0 saturated heterocycles. The highest BCUT2D eigenvalue weighted by atomic mass is 79.9. The van der Waals surface area contributed by atoms with E-state index >= 15 is 0 Å². The highest BCUT2D eigenvalue weighted by molar-refractivity contribution is 9.10. The normalized spacial score (nSPS) is 10.0. The van der Waals surface area contributed by atoms with Crippen molar-refractivity contribution in [2.24, 2.45) is 5.73 Å². The first kappa shape index (κ1) is 15.1. The second-order valence-electron chi connectivity index (χ2n) is 4.24. The van der Waals surface area contributed by atoms with Gasteiger partial charge in [0.25, 0.3) is 11.8 Å². The van der Waals surface area contributed by atoms with Crippen molar-refractivity contribution in [1.82, 2.24) is 0 Å². The molecule has 0 spiro atoms. The van der Waals surface area contributed by atoms with Crippen LogP contribution < -0.4 is 15.8 Å². The number of nitrogens with two attached hydrogens (primary N) is 1. The Bertz CT molecular complexity index is 701. The lowest BCUT2D eigenvalue weighted by Gasteiger charge is -2.10. The molecule has 21 heavy (non-hydrogen) atoms. The van der Waals surface area contributed by atoms with E-state index in [4.69, 9.17) is 10.5 Å². The van der Waals surface area contributed by atoms with E-state index in [1.165, 1.54) is 7.11 Å². The van der Waals surface area contributed by atoms with Gasteiger partial charge in [-0.15, -0.1) is 0 Å². The number of nitrogens with one attached hydrogen (secondary N) is 1. The van der Waals surface area contributed by atoms with Crippen LogP contribution in [0, 0.1) is 0 Å². The fraction of sp³-hybridized carbons (Fsp3) is 0.0667. The Morgan fingerprint density at radius 1 is 1.19 bits per heavy atom. The third-order valence-electron chi connectivity index (χ3n) is 2.83. The Morgan fingerprint density at radius 3 is 2.62 bits per heavy atom. The molecule has 0 aromatic heterocycles. The molecule has 0 heterocycles. The van der Waals surface area contributed by atoms with Gasteiger partial charge < -0.3 is 15.8 Å². The first-order chi connectivity index (χ1) is 10.0. The minimum atomic E-state index is -0.614. The van der Waals surface area contributed by atoms with Crippen LogP contribution in [-0.2, 0) is 0 Å². The third kappa shape index (κ3) is 3.61. The zero-order chi connectivity index (χ0) is 15.4. The van der Waals surface area contributed by atoms with Crippen molar-refractivity contribution in [2.75, 3.05) is 12.4 Å². The van der Waals surface area contributed by atoms with Crippen LogP contribution in [0.5, 0.6) is 5.75 Å². The largest absolute Gasteiger partial charge is 0.497 e. The number of primary amides is 1. The van der Waals surface area contributed by atoms with Gasteiger partial charge in [-0.3, -0.25) is 9.59 Å². The van der Waals surface area contributed by atoms with Crippen molar-refractivity contribution in [3.05, 3.63) is 58.1 Å². The van der Waals surface area contributed by atoms with Gasteiger partial charge in [-0.05, 0) is 36.4 Å². The maximum Gasteiger partial charge on any atom is 0.255 e. The number of rotatable bonds is 4. The van der Waals surface area contributed by atoms with Crippen LogP contribution in [0.25, 0.3) is 0 Å². The fourth-order valence-electron chi connectivity index (χ4n) is 1.79. The number of carbonyl (C=O) groups excluding carboxylic acids is 2. The first-order valence-corrected chi connectivity index (χ1v) is 6.85. The molecule has 0 saturated carbocycles. The van der Waals surface area contributed by atoms with E-state index in [0.29, 0.717) is 21.5 Å². The molecule has 2 aromatic rings. The van der Waals surface area contributed by atoms with Crippen molar-refractivity contribution >= 4 is 33.4 Å². The lowest BCUT2D eigenvalue weighted by Crippen LogP contribution is -2.18. The van der Waals surface area contributed by atoms with E-state index in [9.17, 15) is 9.59 Å². The van der Waals surface area contributed by atoms with Crippen molar-refractivity contribution in [3.8, 4) is 5.75 Å². The van der Waals surface area contributed by atoms with Crippen molar-refractivity contribution in [3.63, 3.8) is 0 Å². The zero-order valence-corrected chi connectivity index (χ0v) is 12.8. The Kier molecular flexibility index (Phi) is 4.59. The number of halogens is 1. The fourth-order valence-corrected chi connectivity index (χ4v) is 2.15. The van der Waals surface area contributed by atoms with E-state index in [1.807, 2.05) is 0 Å². The Morgan fingerprint density at radius 2 is 1.95 bits per heavy atom. The molecule has 0 aliphatic carbocycles. The SMILES string of the molecule is COc1cccc(C(=O)Nc2ccc(Br)cc2C(N)=O)c1. The molecule has 0 aliphatic rings. The Balaban J connectivity index is 2.29. The predicted octanol–water partition coefficient (Wildman–Crippen LogP) is 2.81. The average molecular weight is 349 g/mol. The number of carbonyl (C=O) groups is 2. The topological polar surface area (TPSA) is 81.4 Å². The van der Waals surface area contributed by atoms with Crippen LogP contribution in [-0.4, -0.2) is 18.9 Å². The van der Waals surface area contributed by atoms with Gasteiger partial charge in [0.1, 0.15) is 5.75 Å². The van der Waals surface area contributed by atoms with E-state index in [1.54, 1.807) is 42.5 Å². The number of amides is 2. The Labute approximate surface area is 130 Å². The number of hydrogen-bond donors (Lipinski definition) is 2. The van der Waals surface area contributed by atoms with Gasteiger partial charge in [-0.2, -0.15) is 0 Å². The van der Waals surface area contributed by atoms with Crippen LogP contribution in [0.4, 0.5) is 5.69 Å². The van der Waals surface area contributed by atoms with Crippen LogP contribution >= 0.6 is 15.9 Å². The second kappa shape index (κ2) is 6.41. The maximum atomic E-state index is 12.2. The third-order valence-corrected chi connectivity index (χ3v) is 3.32. The van der Waals surface area contributed by atoms with Gasteiger partial charge in [0, 0.05) is 10.0 Å². The lowest BCUT2D eigenvalue weighted by molar-refractivity contribution is 0.100. The number of methoxy groups -OCH3 is 1. The molecule has 2 rings (SSSR count). The molecule has 3 N–H and O–H groups in total. The molecular formula is C15H13BrN2O3. The molecule has 0 atom stereocenters. The molecule has 2 aromatic carbocycles. The standard InChI is InChI=1S/C15H13BrN2O3/c1-21-11-4-2-3-9(7-11)15(20)18-13-6-5-10(16)8-12(13)14(17)19/h2-8H,1H3,(H2,17,19)(H,18,20). The second-order valence-corrected chi connectivity index (χ2v) is 5.16. The first-order valence-electron chi connectivity index (χ1n) is 6.06.